The van der Waals surface area contributed by atoms with Gasteiger partial charge in [0.2, 0.25) is 11.8 Å². The molecule has 0 unspecified atom stereocenters. The highest BCUT2D eigenvalue weighted by molar-refractivity contribution is 7.91. The second-order valence-corrected chi connectivity index (χ2v) is 8.85. The normalized spacial score (nSPS) is 12.2. The molecule has 7 nitrogen and oxygen atoms in total. The van der Waals surface area contributed by atoms with Crippen LogP contribution in [0.1, 0.15) is 32.5 Å². The maximum Gasteiger partial charge on any atom is 0.241 e. The van der Waals surface area contributed by atoms with Crippen molar-refractivity contribution in [1.82, 2.24) is 10.1 Å². The molecule has 1 heterocycles. The fraction of sp³-hybridized carbons (Fsp3) is 0.400. The fourth-order valence-electron chi connectivity index (χ4n) is 1.79. The van der Waals surface area contributed by atoms with E-state index < -0.39 is 27.3 Å². The molecular formula is C15H18ClN3O4S. The Labute approximate surface area is 145 Å². The fourth-order valence-corrected chi connectivity index (χ4v) is 2.98. The first kappa shape index (κ1) is 18.4. The van der Waals surface area contributed by atoms with E-state index in [0.717, 1.165) is 0 Å². The van der Waals surface area contributed by atoms with E-state index in [4.69, 9.17) is 16.1 Å². The Hall–Kier alpha value is -1.93. The molecule has 0 atom stereocenters. The molecule has 0 aliphatic rings. The van der Waals surface area contributed by atoms with E-state index in [9.17, 15) is 13.2 Å². The summed E-state index contributed by atoms with van der Waals surface area (Å²) in [6.07, 6.45) is 0. The highest BCUT2D eigenvalue weighted by Gasteiger charge is 2.25. The van der Waals surface area contributed by atoms with Gasteiger partial charge in [0.25, 0.3) is 0 Å². The summed E-state index contributed by atoms with van der Waals surface area (Å²) in [7, 11) is -3.73. The number of benzene rings is 1. The molecule has 24 heavy (non-hydrogen) atoms. The number of rotatable bonds is 5. The molecule has 0 saturated carbocycles. The number of nitrogens with zero attached hydrogens (tertiary/aromatic N) is 2. The Bertz CT molecular complexity index is 823. The van der Waals surface area contributed by atoms with E-state index in [0.29, 0.717) is 16.5 Å². The summed E-state index contributed by atoms with van der Waals surface area (Å²) in [5.74, 6) is -1.42. The first-order valence-electron chi connectivity index (χ1n) is 7.14. The van der Waals surface area contributed by atoms with Gasteiger partial charge in [0.1, 0.15) is 11.5 Å². The van der Waals surface area contributed by atoms with Crippen molar-refractivity contribution >= 4 is 33.0 Å². The molecule has 2 aromatic rings. The Morgan fingerprint density at radius 1 is 1.25 bits per heavy atom. The Morgan fingerprint density at radius 2 is 1.88 bits per heavy atom. The van der Waals surface area contributed by atoms with E-state index in [2.05, 4.69) is 15.5 Å². The standard InChI is InChI=1S/C15H18ClN3O4S/c1-15(2,3)14-18-13(23-19-14)9-24(21,22)8-12(20)17-11-6-4-10(16)5-7-11/h4-7H,8-9H2,1-3H3,(H,17,20). The molecule has 1 aromatic carbocycles. The molecule has 0 saturated heterocycles. The van der Waals surface area contributed by atoms with Crippen molar-refractivity contribution < 1.29 is 17.7 Å². The van der Waals surface area contributed by atoms with Crippen molar-refractivity contribution in [1.29, 1.82) is 0 Å². The maximum absolute atomic E-state index is 12.1. The van der Waals surface area contributed by atoms with Crippen molar-refractivity contribution in [2.75, 3.05) is 11.1 Å². The topological polar surface area (TPSA) is 102 Å². The SMILES string of the molecule is CC(C)(C)c1noc(CS(=O)(=O)CC(=O)Nc2ccc(Cl)cc2)n1. The first-order chi connectivity index (χ1) is 11.0. The van der Waals surface area contributed by atoms with Crippen molar-refractivity contribution in [2.45, 2.75) is 31.9 Å². The third-order valence-electron chi connectivity index (χ3n) is 2.96. The number of amides is 1. The number of carbonyl (C=O) groups is 1. The van der Waals surface area contributed by atoms with Crippen LogP contribution in [0.2, 0.25) is 5.02 Å². The van der Waals surface area contributed by atoms with E-state index in [1.165, 1.54) is 0 Å². The zero-order chi connectivity index (χ0) is 18.0. The number of carbonyl (C=O) groups excluding carboxylic acids is 1. The van der Waals surface area contributed by atoms with E-state index in [1.807, 2.05) is 20.8 Å². The maximum atomic E-state index is 12.1. The molecule has 0 bridgehead atoms. The highest BCUT2D eigenvalue weighted by atomic mass is 35.5. The van der Waals surface area contributed by atoms with Crippen molar-refractivity contribution in [2.24, 2.45) is 0 Å². The number of anilines is 1. The van der Waals surface area contributed by atoms with Crippen LogP contribution in [0, 0.1) is 0 Å². The molecule has 1 aromatic heterocycles. The van der Waals surface area contributed by atoms with Crippen LogP contribution in [0.25, 0.3) is 0 Å². The minimum Gasteiger partial charge on any atom is -0.338 e. The molecule has 0 spiro atoms. The Kier molecular flexibility index (Phi) is 5.29. The van der Waals surface area contributed by atoms with Gasteiger partial charge in [-0.25, -0.2) is 8.42 Å². The van der Waals surface area contributed by atoms with Crippen LogP contribution in [0.3, 0.4) is 0 Å². The lowest BCUT2D eigenvalue weighted by Gasteiger charge is -2.10. The smallest absolute Gasteiger partial charge is 0.241 e. The number of nitrogens with one attached hydrogen (secondary N) is 1. The lowest BCUT2D eigenvalue weighted by atomic mass is 9.96. The van der Waals surface area contributed by atoms with Crippen molar-refractivity contribution in [3.63, 3.8) is 0 Å². The molecule has 0 fully saturated rings. The van der Waals surface area contributed by atoms with Crippen molar-refractivity contribution in [3.8, 4) is 0 Å². The summed E-state index contributed by atoms with van der Waals surface area (Å²) in [5, 5.41) is 6.78. The third-order valence-corrected chi connectivity index (χ3v) is 4.60. The summed E-state index contributed by atoms with van der Waals surface area (Å²) >= 11 is 5.75. The zero-order valence-electron chi connectivity index (χ0n) is 13.5. The summed E-state index contributed by atoms with van der Waals surface area (Å²) in [5.41, 5.74) is 0.115. The van der Waals surface area contributed by atoms with E-state index >= 15 is 0 Å². The number of hydrogen-bond donors (Lipinski definition) is 1. The minimum atomic E-state index is -3.73. The largest absolute Gasteiger partial charge is 0.338 e. The highest BCUT2D eigenvalue weighted by Crippen LogP contribution is 2.19. The summed E-state index contributed by atoms with van der Waals surface area (Å²) in [6.45, 7) is 5.65. The van der Waals surface area contributed by atoms with Gasteiger partial charge in [-0.05, 0) is 24.3 Å². The van der Waals surface area contributed by atoms with E-state index in [1.54, 1.807) is 24.3 Å². The number of hydrogen-bond acceptors (Lipinski definition) is 6. The number of halogens is 1. The lowest BCUT2D eigenvalue weighted by molar-refractivity contribution is -0.113. The van der Waals surface area contributed by atoms with Gasteiger partial charge in [-0.3, -0.25) is 4.79 Å². The summed E-state index contributed by atoms with van der Waals surface area (Å²) < 4.78 is 29.2. The Morgan fingerprint density at radius 3 is 2.42 bits per heavy atom. The Balaban J connectivity index is 1.99. The number of sulfone groups is 1. The molecule has 9 heteroatoms. The molecular weight excluding hydrogens is 354 g/mol. The predicted octanol–water partition coefficient (Wildman–Crippen LogP) is 2.57. The van der Waals surface area contributed by atoms with Crippen LogP contribution in [0.5, 0.6) is 0 Å². The molecule has 1 N–H and O–H groups in total. The number of aromatic nitrogens is 2. The minimum absolute atomic E-state index is 0.0285. The molecule has 130 valence electrons. The zero-order valence-corrected chi connectivity index (χ0v) is 15.1. The summed E-state index contributed by atoms with van der Waals surface area (Å²) in [6, 6.07) is 6.36. The van der Waals surface area contributed by atoms with Crippen LogP contribution in [0.4, 0.5) is 5.69 Å². The second kappa shape index (κ2) is 6.90. The van der Waals surface area contributed by atoms with Crippen molar-refractivity contribution in [3.05, 3.63) is 41.0 Å². The van der Waals surface area contributed by atoms with E-state index in [-0.39, 0.29) is 11.3 Å². The van der Waals surface area contributed by atoms with Gasteiger partial charge in [0.05, 0.1) is 0 Å². The van der Waals surface area contributed by atoms with Crippen LogP contribution in [0.15, 0.2) is 28.8 Å². The first-order valence-corrected chi connectivity index (χ1v) is 9.34. The molecule has 2 rings (SSSR count). The lowest BCUT2D eigenvalue weighted by Crippen LogP contribution is -2.24. The summed E-state index contributed by atoms with van der Waals surface area (Å²) in [4.78, 5) is 15.9. The van der Waals surface area contributed by atoms with Crippen LogP contribution in [-0.2, 0) is 25.8 Å². The second-order valence-electron chi connectivity index (χ2n) is 6.35. The molecule has 0 aliphatic carbocycles. The quantitative estimate of drug-likeness (QED) is 0.866. The van der Waals surface area contributed by atoms with Gasteiger partial charge < -0.3 is 9.84 Å². The van der Waals surface area contributed by atoms with Gasteiger partial charge in [0, 0.05) is 16.1 Å². The molecule has 1 amide bonds. The monoisotopic (exact) mass is 371 g/mol. The van der Waals surface area contributed by atoms with Gasteiger partial charge in [-0.15, -0.1) is 0 Å². The van der Waals surface area contributed by atoms with Gasteiger partial charge in [0.15, 0.2) is 15.7 Å². The van der Waals surface area contributed by atoms with Gasteiger partial charge >= 0.3 is 0 Å². The third kappa shape index (κ3) is 5.31. The predicted molar refractivity (Wildman–Crippen MR) is 90.6 cm³/mol. The van der Waals surface area contributed by atoms with Gasteiger partial charge in [-0.1, -0.05) is 37.5 Å². The van der Waals surface area contributed by atoms with Crippen LogP contribution >= 0.6 is 11.6 Å². The average Bonchev–Trinajstić information content (AvgIpc) is 2.88. The molecule has 0 radical (unpaired) electrons. The molecule has 0 aliphatic heterocycles. The van der Waals surface area contributed by atoms with Crippen LogP contribution in [-0.4, -0.2) is 30.2 Å². The average molecular weight is 372 g/mol. The van der Waals surface area contributed by atoms with Gasteiger partial charge in [-0.2, -0.15) is 4.98 Å². The van der Waals surface area contributed by atoms with Crippen LogP contribution < -0.4 is 5.32 Å².